The maximum Gasteiger partial charge on any atom is 0.101 e. The van der Waals surface area contributed by atoms with Crippen molar-refractivity contribution in [1.82, 2.24) is 0 Å². The van der Waals surface area contributed by atoms with E-state index < -0.39 is 0 Å². The van der Waals surface area contributed by atoms with Crippen LogP contribution in [0.15, 0.2) is 101 Å². The molecule has 0 saturated carbocycles. The molecule has 0 aromatic heterocycles. The molecule has 0 amide bonds. The van der Waals surface area contributed by atoms with Crippen LogP contribution in [0.4, 0.5) is 5.69 Å². The molecule has 256 valence electrons. The summed E-state index contributed by atoms with van der Waals surface area (Å²) in [6.45, 7) is 35.2. The van der Waals surface area contributed by atoms with Gasteiger partial charge < -0.3 is 5.32 Å². The minimum Gasteiger partial charge on any atom is -0.354 e. The summed E-state index contributed by atoms with van der Waals surface area (Å²) in [5.41, 5.74) is 10.8. The minimum absolute atomic E-state index is 0.627. The Hall–Kier alpha value is -3.57. The quantitative estimate of drug-likeness (QED) is 0.185. The first-order valence-electron chi connectivity index (χ1n) is 17.9. The first kappa shape index (κ1) is 46.8. The van der Waals surface area contributed by atoms with Crippen LogP contribution in [0.1, 0.15) is 145 Å². The lowest BCUT2D eigenvalue weighted by Crippen LogP contribution is -2.09. The second-order valence-electron chi connectivity index (χ2n) is 10.5. The average molecular weight is 627 g/mol. The summed E-state index contributed by atoms with van der Waals surface area (Å²) in [6.07, 6.45) is 25.5. The SMILES string of the molecule is C=C/C(CCC1=CCC=C(C(=C)C)C=C1)=C(Nc1ccc(C)c(/C=C\C)c1CC)\C(C#N)=C/C.CC.CC.CCCC.CCCC. The molecule has 1 aliphatic rings. The Bertz CT molecular complexity index is 1210. The number of nitrogens with zero attached hydrogens (tertiary/aromatic N) is 1. The van der Waals surface area contributed by atoms with Crippen molar-refractivity contribution in [2.45, 2.75) is 141 Å². The molecule has 1 aromatic carbocycles. The number of unbranched alkanes of at least 4 members (excludes halogenated alkanes) is 2. The summed E-state index contributed by atoms with van der Waals surface area (Å²) in [4.78, 5) is 0. The van der Waals surface area contributed by atoms with Crippen molar-refractivity contribution >= 4 is 11.8 Å². The number of nitrogens with one attached hydrogen (secondary N) is 1. The monoisotopic (exact) mass is 627 g/mol. The van der Waals surface area contributed by atoms with Gasteiger partial charge in [0.05, 0.1) is 11.3 Å². The first-order chi connectivity index (χ1) is 22.2. The maximum absolute atomic E-state index is 9.89. The summed E-state index contributed by atoms with van der Waals surface area (Å²) in [5.74, 6) is 0. The molecule has 0 unspecified atom stereocenters. The van der Waals surface area contributed by atoms with Gasteiger partial charge >= 0.3 is 0 Å². The lowest BCUT2D eigenvalue weighted by molar-refractivity contribution is 0.886. The van der Waals surface area contributed by atoms with Crippen molar-refractivity contribution < 1.29 is 0 Å². The van der Waals surface area contributed by atoms with Crippen LogP contribution in [-0.2, 0) is 6.42 Å². The zero-order chi connectivity index (χ0) is 35.9. The van der Waals surface area contributed by atoms with Crippen LogP contribution in [-0.4, -0.2) is 0 Å². The van der Waals surface area contributed by atoms with Gasteiger partial charge in [-0.05, 0) is 87.3 Å². The summed E-state index contributed by atoms with van der Waals surface area (Å²) in [5, 5.41) is 13.5. The van der Waals surface area contributed by atoms with Gasteiger partial charge in [-0.25, -0.2) is 0 Å². The van der Waals surface area contributed by atoms with Gasteiger partial charge in [0.25, 0.3) is 0 Å². The minimum atomic E-state index is 0.627. The maximum atomic E-state index is 9.89. The third-order valence-corrected chi connectivity index (χ3v) is 7.14. The van der Waals surface area contributed by atoms with Crippen LogP contribution in [0, 0.1) is 18.3 Å². The van der Waals surface area contributed by atoms with Gasteiger partial charge in [-0.3, -0.25) is 0 Å². The van der Waals surface area contributed by atoms with Gasteiger partial charge in [-0.2, -0.15) is 5.26 Å². The van der Waals surface area contributed by atoms with Crippen molar-refractivity contribution in [3.8, 4) is 6.07 Å². The van der Waals surface area contributed by atoms with E-state index in [-0.39, 0.29) is 0 Å². The van der Waals surface area contributed by atoms with E-state index in [4.69, 9.17) is 0 Å². The van der Waals surface area contributed by atoms with Crippen LogP contribution >= 0.6 is 0 Å². The molecule has 1 aromatic rings. The van der Waals surface area contributed by atoms with Crippen molar-refractivity contribution in [3.05, 3.63) is 118 Å². The van der Waals surface area contributed by atoms with Crippen LogP contribution in [0.25, 0.3) is 6.08 Å². The predicted octanol–water partition coefficient (Wildman–Crippen LogP) is 14.7. The number of aryl methyl sites for hydroxylation is 1. The topological polar surface area (TPSA) is 35.8 Å². The van der Waals surface area contributed by atoms with Crippen LogP contribution < -0.4 is 5.32 Å². The number of hydrogen-bond acceptors (Lipinski definition) is 2. The van der Waals surface area contributed by atoms with Crippen molar-refractivity contribution in [2.75, 3.05) is 5.32 Å². The third kappa shape index (κ3) is 18.4. The molecule has 0 spiro atoms. The van der Waals surface area contributed by atoms with E-state index in [1.54, 1.807) is 0 Å². The zero-order valence-corrected chi connectivity index (χ0v) is 32.3. The Morgan fingerprint density at radius 3 is 1.96 bits per heavy atom. The Kier molecular flexibility index (Phi) is 32.0. The molecule has 1 aliphatic carbocycles. The molecule has 0 atom stereocenters. The number of rotatable bonds is 12. The van der Waals surface area contributed by atoms with E-state index >= 15 is 0 Å². The largest absolute Gasteiger partial charge is 0.354 e. The lowest BCUT2D eigenvalue weighted by Gasteiger charge is -2.20. The number of hydrogen-bond donors (Lipinski definition) is 1. The van der Waals surface area contributed by atoms with E-state index in [0.29, 0.717) is 5.57 Å². The van der Waals surface area contributed by atoms with Crippen LogP contribution in [0.2, 0.25) is 0 Å². The number of benzene rings is 1. The molecule has 0 saturated heterocycles. The van der Waals surface area contributed by atoms with Crippen LogP contribution in [0.3, 0.4) is 0 Å². The molecule has 2 heteroatoms. The molecular formula is C44H70N2. The molecule has 0 radical (unpaired) electrons. The highest BCUT2D eigenvalue weighted by molar-refractivity contribution is 5.71. The fraction of sp³-hybridized carbons (Fsp3) is 0.477. The molecule has 1 N–H and O–H groups in total. The molecule has 2 nitrogen and oxygen atoms in total. The standard InChI is InChI=1S/C32H38N2.2C4H10.2C2H6/c1-8-13-30-24(7)16-21-31(29(30)11-4)34-32(27(10-3)22-33)26(9-2)19-17-25-14-12-15-28(20-18-25)23(5)6;2*1-3-4-2;2*1-2/h8-10,13-16,18,20-21,34H,2,5,11-12,17,19H2,1,3-4,6-7H3;2*3-4H2,1-2H3;2*1-2H3/b13-8-,27-10-,32-26-;;;;. The smallest absolute Gasteiger partial charge is 0.101 e. The second kappa shape index (κ2) is 31.4. The van der Waals surface area contributed by atoms with Gasteiger partial charge in [0.2, 0.25) is 0 Å². The molecule has 0 bridgehead atoms. The van der Waals surface area contributed by atoms with E-state index in [2.05, 4.69) is 115 Å². The molecule has 0 fully saturated rings. The summed E-state index contributed by atoms with van der Waals surface area (Å²) in [7, 11) is 0. The zero-order valence-electron chi connectivity index (χ0n) is 32.3. The molecule has 0 heterocycles. The second-order valence-corrected chi connectivity index (χ2v) is 10.5. The first-order valence-corrected chi connectivity index (χ1v) is 17.9. The van der Waals surface area contributed by atoms with E-state index in [1.165, 1.54) is 53.5 Å². The number of allylic oxidation sites excluding steroid dienone is 12. The van der Waals surface area contributed by atoms with Crippen LogP contribution in [0.5, 0.6) is 0 Å². The van der Waals surface area contributed by atoms with E-state index in [0.717, 1.165) is 48.2 Å². The van der Waals surface area contributed by atoms with Crippen molar-refractivity contribution in [1.29, 1.82) is 5.26 Å². The molecule has 46 heavy (non-hydrogen) atoms. The number of anilines is 1. The van der Waals surface area contributed by atoms with E-state index in [9.17, 15) is 5.26 Å². The van der Waals surface area contributed by atoms with Gasteiger partial charge in [0, 0.05) is 5.69 Å². The lowest BCUT2D eigenvalue weighted by atomic mass is 9.95. The van der Waals surface area contributed by atoms with Gasteiger partial charge in [-0.1, -0.05) is 167 Å². The Morgan fingerprint density at radius 1 is 0.935 bits per heavy atom. The third-order valence-electron chi connectivity index (χ3n) is 7.14. The van der Waals surface area contributed by atoms with E-state index in [1.807, 2.05) is 60.6 Å². The average Bonchev–Trinajstić information content (AvgIpc) is 3.35. The molecule has 0 aliphatic heterocycles. The predicted molar refractivity (Wildman–Crippen MR) is 213 cm³/mol. The number of nitriles is 1. The fourth-order valence-electron chi connectivity index (χ4n) is 4.18. The van der Waals surface area contributed by atoms with Gasteiger partial charge in [0.15, 0.2) is 0 Å². The molecule has 2 rings (SSSR count). The normalized spacial score (nSPS) is 12.4. The highest BCUT2D eigenvalue weighted by atomic mass is 14.9. The highest BCUT2D eigenvalue weighted by Gasteiger charge is 2.15. The van der Waals surface area contributed by atoms with Gasteiger partial charge in [0.1, 0.15) is 6.07 Å². The van der Waals surface area contributed by atoms with Crippen molar-refractivity contribution in [2.24, 2.45) is 0 Å². The summed E-state index contributed by atoms with van der Waals surface area (Å²) >= 11 is 0. The summed E-state index contributed by atoms with van der Waals surface area (Å²) in [6, 6.07) is 6.63. The summed E-state index contributed by atoms with van der Waals surface area (Å²) < 4.78 is 0. The Morgan fingerprint density at radius 2 is 1.52 bits per heavy atom. The Balaban J connectivity index is -0.00000134. The van der Waals surface area contributed by atoms with Crippen molar-refractivity contribution in [3.63, 3.8) is 0 Å². The molecular weight excluding hydrogens is 556 g/mol. The highest BCUT2D eigenvalue weighted by Crippen LogP contribution is 2.30. The Labute approximate surface area is 287 Å². The van der Waals surface area contributed by atoms with Gasteiger partial charge in [-0.15, -0.1) is 0 Å². The fourth-order valence-corrected chi connectivity index (χ4v) is 4.18.